The number of ketones is 1. The molecule has 622 valence electrons. The van der Waals surface area contributed by atoms with Gasteiger partial charge in [0.05, 0.1) is 5.76 Å². The molecule has 0 amide bonds. The minimum atomic E-state index is -0.125. The van der Waals surface area contributed by atoms with Crippen LogP contribution in [0, 0.1) is 51.1 Å². The largest absolute Gasteiger partial charge is 4.00 e. The van der Waals surface area contributed by atoms with Crippen LogP contribution in [0.4, 0.5) is 0 Å². The summed E-state index contributed by atoms with van der Waals surface area (Å²) < 4.78 is 1.26. The fraction of sp³-hybridized carbons (Fsp3) is 0.200. The van der Waals surface area contributed by atoms with E-state index in [9.17, 15) is 4.79 Å². The fourth-order valence-corrected chi connectivity index (χ4v) is 15.2. The molecule has 16 heteroatoms. The molecule has 0 fully saturated rings. The van der Waals surface area contributed by atoms with Crippen molar-refractivity contribution in [1.82, 2.24) is 44.9 Å². The van der Waals surface area contributed by atoms with Crippen LogP contribution in [0.15, 0.2) is 249 Å². The Morgan fingerprint density at radius 1 is 0.388 bits per heavy atom. The normalized spacial score (nSPS) is 10.7. The third-order valence-corrected chi connectivity index (χ3v) is 20.9. The summed E-state index contributed by atoms with van der Waals surface area (Å²) in [5, 5.41) is 16.2. The topological polar surface area (TPSA) is 158 Å². The summed E-state index contributed by atoms with van der Waals surface area (Å²) in [7, 11) is 0. The van der Waals surface area contributed by atoms with Crippen molar-refractivity contribution in [2.75, 3.05) is 0 Å². The molecule has 0 spiro atoms. The molecule has 0 saturated carbocycles. The van der Waals surface area contributed by atoms with E-state index in [-0.39, 0.29) is 92.9 Å². The van der Waals surface area contributed by atoms with Gasteiger partial charge in [0, 0.05) is 83.0 Å². The number of carbonyl (C=O) groups excluding carboxylic acids is 1. The van der Waals surface area contributed by atoms with E-state index in [0.717, 1.165) is 151 Å². The Morgan fingerprint density at radius 3 is 1.07 bits per heavy atom. The Labute approximate surface area is 773 Å². The average Bonchev–Trinajstić information content (AvgIpc) is 1.64. The van der Waals surface area contributed by atoms with Gasteiger partial charge in [0.1, 0.15) is 0 Å². The molecule has 121 heavy (non-hydrogen) atoms. The summed E-state index contributed by atoms with van der Waals surface area (Å²) in [6, 6.07) is 84.5. The number of thiophene rings is 1. The molecule has 0 saturated heterocycles. The van der Waals surface area contributed by atoms with Crippen LogP contribution in [-0.4, -0.2) is 35.8 Å². The van der Waals surface area contributed by atoms with Gasteiger partial charge >= 0.3 is 41.2 Å². The van der Waals surface area contributed by atoms with Crippen molar-refractivity contribution in [2.24, 2.45) is 0 Å². The van der Waals surface area contributed by atoms with Crippen molar-refractivity contribution in [2.45, 2.75) is 141 Å². The van der Waals surface area contributed by atoms with E-state index in [1.807, 2.05) is 170 Å². The molecule has 0 unspecified atom stereocenters. The number of fused-ring (bicyclic) bond motifs is 10. The van der Waals surface area contributed by atoms with Gasteiger partial charge in [-0.05, 0) is 139 Å². The van der Waals surface area contributed by atoms with Gasteiger partial charge in [0.15, 0.2) is 5.78 Å². The second-order valence-corrected chi connectivity index (χ2v) is 29.1. The standard InChI is InChI=1S/C36H44N4.C15H10N.C13H8NS.3C12H10N.C5H8O2.3Ir.Pt/c1-9-21-22(10-2)30-18-32-25(13-5)26(14-6)34(39-32)20-36-28(16-8)27(15-7)35(40-36)19-33-24(12-4)23(11-3)31(38-33)17-29(21)37-30;1-2-7-13(8-3-1)15-14-9-5-4-6-12(14)10-11-16-15;1-2-7-12-10(5-1)9-13(15-12)11-6-3-4-8-14-11;3*1-10-5-7-11(8-6-10)12-4-2-3-9-13-12;1-4(6)3-5(2)7;;;;/h17-20H,9-16H2,1-8H3;1-7,9-11H;1-8H;3*2-7,9H,1H3;3,6H,1-2H3;;;;/q-4;5*-1;;;;+3;+4. The third-order valence-electron chi connectivity index (χ3n) is 19.8. The number of hydrogen-bond donors (Lipinski definition) is 1. The zero-order chi connectivity index (χ0) is 82.6. The Morgan fingerprint density at radius 2 is 0.752 bits per heavy atom. The predicted molar refractivity (Wildman–Crippen MR) is 484 cm³/mol. The summed E-state index contributed by atoms with van der Waals surface area (Å²) in [5.41, 5.74) is 27.7. The first-order chi connectivity index (χ1) is 57.0. The van der Waals surface area contributed by atoms with Crippen LogP contribution in [0.1, 0.15) is 153 Å². The summed E-state index contributed by atoms with van der Waals surface area (Å²) >= 11 is 1.73. The predicted octanol–water partition coefficient (Wildman–Crippen LogP) is 20.7. The summed E-state index contributed by atoms with van der Waals surface area (Å²) in [4.78, 5) is 53.6. The van der Waals surface area contributed by atoms with E-state index in [2.05, 4.69) is 204 Å². The van der Waals surface area contributed by atoms with Gasteiger partial charge < -0.3 is 50.0 Å². The van der Waals surface area contributed by atoms with Crippen molar-refractivity contribution in [1.29, 1.82) is 0 Å². The minimum Gasteiger partial charge on any atom is -0.657 e. The van der Waals surface area contributed by atoms with E-state index in [1.54, 1.807) is 29.9 Å². The van der Waals surface area contributed by atoms with Crippen molar-refractivity contribution in [3.05, 3.63) is 385 Å². The van der Waals surface area contributed by atoms with Gasteiger partial charge in [-0.1, -0.05) is 230 Å². The van der Waals surface area contributed by atoms with E-state index < -0.39 is 0 Å². The molecule has 8 bridgehead atoms. The number of hydrogen-bond acceptors (Lipinski definition) is 8. The zero-order valence-electron chi connectivity index (χ0n) is 70.7. The van der Waals surface area contributed by atoms with Crippen LogP contribution in [0.2, 0.25) is 0 Å². The Bertz CT molecular complexity index is 5700. The molecular weight excluding hydrogens is 2220 g/mol. The summed E-state index contributed by atoms with van der Waals surface area (Å²) in [5.74, 6) is -0.0625. The molecule has 1 N–H and O–H groups in total. The maximum Gasteiger partial charge on any atom is 4.00 e. The molecule has 16 aromatic rings. The second-order valence-electron chi connectivity index (χ2n) is 28.1. The number of aliphatic hydroxyl groups is 1. The molecule has 11 heterocycles. The van der Waals surface area contributed by atoms with Crippen LogP contribution in [0.5, 0.6) is 0 Å². The van der Waals surface area contributed by atoms with Gasteiger partial charge in [0.2, 0.25) is 0 Å². The van der Waals surface area contributed by atoms with E-state index in [0.29, 0.717) is 0 Å². The average molecular weight is 2320 g/mol. The molecule has 1 aliphatic heterocycles. The van der Waals surface area contributed by atoms with Crippen molar-refractivity contribution in [3.8, 4) is 55.6 Å². The minimum absolute atomic E-state index is 0. The summed E-state index contributed by atoms with van der Waals surface area (Å²) in [6.07, 6.45) is 26.8. The Balaban J connectivity index is 0.000000209. The van der Waals surface area contributed by atoms with Gasteiger partial charge in [-0.25, -0.2) is 11.3 Å². The van der Waals surface area contributed by atoms with Crippen LogP contribution in [0.3, 0.4) is 0 Å². The van der Waals surface area contributed by atoms with Crippen LogP contribution < -0.4 is 41.3 Å². The number of aromatic nitrogens is 9. The Kier molecular flexibility index (Phi) is 40.1. The number of nitrogens with zero attached hydrogens (tertiary/aromatic N) is 9. The first kappa shape index (κ1) is 97.9. The van der Waals surface area contributed by atoms with E-state index in [1.165, 1.54) is 102 Å². The van der Waals surface area contributed by atoms with Crippen LogP contribution in [0.25, 0.3) is 101 Å². The number of benzene rings is 6. The Hall–Kier alpha value is -10.3. The van der Waals surface area contributed by atoms with Gasteiger partial charge in [-0.15, -0.1) is 210 Å². The van der Waals surface area contributed by atoms with Gasteiger partial charge in [-0.3, -0.25) is 4.79 Å². The molecule has 10 aromatic heterocycles. The molecule has 11 nitrogen and oxygen atoms in total. The SMILES string of the molecule is CC(=O)C=C(C)O.CCc1c2[n-]c(c1CC)C=c1[n-]c(c(CC)c1CC)=Cc1[n-]c(c(CC)c1CC)C=c1[n-]c(c(CC)c1CC)=C2.Cc1c[c-]c(-c2ccccn2)cc1.Cc1c[c-]c(-c2ccccn2)cc1.Cc1c[c-]c(-c2ccccn2)cc1.[Ir+3].[Ir].[Ir].[Pt+4].[c-]1c(-c2ccccn2)sc2ccccc12.[c-]1ccccc1-c1nccc2ccccc12. The first-order valence-corrected chi connectivity index (χ1v) is 41.2. The maximum atomic E-state index is 10.0. The van der Waals surface area contributed by atoms with Crippen molar-refractivity contribution in [3.63, 3.8) is 0 Å². The number of carbonyl (C=O) groups is 1. The second kappa shape index (κ2) is 49.6. The molecule has 2 radical (unpaired) electrons. The van der Waals surface area contributed by atoms with Crippen LogP contribution >= 0.6 is 11.3 Å². The molecule has 6 aromatic carbocycles. The van der Waals surface area contributed by atoms with Crippen molar-refractivity contribution >= 4 is 62.3 Å². The number of rotatable bonds is 14. The molecule has 17 rings (SSSR count). The number of aryl methyl sites for hydroxylation is 3. The van der Waals surface area contributed by atoms with Gasteiger partial charge in [0.25, 0.3) is 0 Å². The van der Waals surface area contributed by atoms with Gasteiger partial charge in [-0.2, -0.15) is 0 Å². The van der Waals surface area contributed by atoms with E-state index in [4.69, 9.17) is 25.0 Å². The third kappa shape index (κ3) is 26.4. The molecule has 0 atom stereocenters. The maximum absolute atomic E-state index is 10.0. The quantitative estimate of drug-likeness (QED) is 0.0627. The van der Waals surface area contributed by atoms with E-state index >= 15 is 0 Å². The monoisotopic (exact) mass is 2320 g/mol. The fourth-order valence-electron chi connectivity index (χ4n) is 14.2. The number of aliphatic hydroxyl groups excluding tert-OH is 1. The first-order valence-electron chi connectivity index (χ1n) is 40.4. The number of allylic oxidation sites excluding steroid dienone is 2. The van der Waals surface area contributed by atoms with Crippen molar-refractivity contribution < 1.29 is 91.3 Å². The smallest absolute Gasteiger partial charge is 0.657 e. The zero-order valence-corrected chi connectivity index (χ0v) is 80.9. The molecule has 1 aliphatic rings. The number of pyridine rings is 5. The van der Waals surface area contributed by atoms with Crippen LogP contribution in [-0.2, 0) is 138 Å². The summed E-state index contributed by atoms with van der Waals surface area (Å²) in [6.45, 7) is 26.9. The molecule has 0 aliphatic carbocycles. The molecular formula is C105H100Ir3N9O2PtS-2.